The van der Waals surface area contributed by atoms with E-state index in [2.05, 4.69) is 48.2 Å². The molecule has 0 fully saturated rings. The molecule has 2 atom stereocenters. The fourth-order valence-corrected chi connectivity index (χ4v) is 2.65. The summed E-state index contributed by atoms with van der Waals surface area (Å²) in [5.41, 5.74) is 4.02. The van der Waals surface area contributed by atoms with Gasteiger partial charge in [0.15, 0.2) is 0 Å². The van der Waals surface area contributed by atoms with E-state index in [1.165, 1.54) is 19.3 Å². The van der Waals surface area contributed by atoms with Gasteiger partial charge < -0.3 is 5.32 Å². The van der Waals surface area contributed by atoms with E-state index in [1.807, 2.05) is 19.2 Å². The molecular formula is C18H27N3. The van der Waals surface area contributed by atoms with Crippen molar-refractivity contribution in [2.24, 2.45) is 11.8 Å². The molecule has 0 aliphatic carbocycles. The zero-order valence-electron chi connectivity index (χ0n) is 13.7. The van der Waals surface area contributed by atoms with Crippen LogP contribution in [0, 0.1) is 18.8 Å². The van der Waals surface area contributed by atoms with Crippen molar-refractivity contribution < 1.29 is 0 Å². The van der Waals surface area contributed by atoms with Gasteiger partial charge >= 0.3 is 0 Å². The van der Waals surface area contributed by atoms with Gasteiger partial charge in [0.1, 0.15) is 0 Å². The van der Waals surface area contributed by atoms with Crippen molar-refractivity contribution in [1.82, 2.24) is 9.97 Å². The van der Waals surface area contributed by atoms with Gasteiger partial charge in [-0.25, -0.2) is 4.98 Å². The zero-order chi connectivity index (χ0) is 15.2. The molecule has 3 nitrogen and oxygen atoms in total. The van der Waals surface area contributed by atoms with Crippen molar-refractivity contribution in [3.63, 3.8) is 0 Å². The normalized spacial score (nSPS) is 14.1. The molecule has 1 aromatic carbocycles. The van der Waals surface area contributed by atoms with E-state index in [9.17, 15) is 0 Å². The monoisotopic (exact) mass is 285 g/mol. The van der Waals surface area contributed by atoms with Crippen LogP contribution in [0.25, 0.3) is 11.0 Å². The van der Waals surface area contributed by atoms with Crippen LogP contribution in [0.1, 0.15) is 45.7 Å². The third kappa shape index (κ3) is 4.69. The van der Waals surface area contributed by atoms with Gasteiger partial charge in [-0.2, -0.15) is 0 Å². The second-order valence-electron chi connectivity index (χ2n) is 6.28. The lowest BCUT2D eigenvalue weighted by Gasteiger charge is -2.16. The molecule has 1 aromatic heterocycles. The summed E-state index contributed by atoms with van der Waals surface area (Å²) in [5, 5.41) is 3.51. The van der Waals surface area contributed by atoms with E-state index in [1.54, 1.807) is 0 Å². The molecule has 2 rings (SSSR count). The minimum Gasteiger partial charge on any atom is -0.385 e. The average molecular weight is 285 g/mol. The number of fused-ring (bicyclic) bond motifs is 1. The van der Waals surface area contributed by atoms with Crippen molar-refractivity contribution in [3.05, 3.63) is 30.1 Å². The molecule has 0 saturated carbocycles. The Kier molecular flexibility index (Phi) is 5.54. The highest BCUT2D eigenvalue weighted by molar-refractivity contribution is 5.78. The topological polar surface area (TPSA) is 37.8 Å². The number of nitrogens with one attached hydrogen (secondary N) is 1. The summed E-state index contributed by atoms with van der Waals surface area (Å²) < 4.78 is 0. The van der Waals surface area contributed by atoms with Crippen molar-refractivity contribution in [2.75, 3.05) is 11.9 Å². The van der Waals surface area contributed by atoms with E-state index in [0.717, 1.165) is 40.8 Å². The Balaban J connectivity index is 1.87. The average Bonchev–Trinajstić information content (AvgIpc) is 2.47. The lowest BCUT2D eigenvalue weighted by molar-refractivity contribution is 0.393. The van der Waals surface area contributed by atoms with Crippen LogP contribution in [0.3, 0.4) is 0 Å². The lowest BCUT2D eigenvalue weighted by atomic mass is 9.93. The highest BCUT2D eigenvalue weighted by atomic mass is 14.9. The largest absolute Gasteiger partial charge is 0.385 e. The zero-order valence-corrected chi connectivity index (χ0v) is 13.7. The van der Waals surface area contributed by atoms with Crippen LogP contribution in [0.2, 0.25) is 0 Å². The number of aryl methyl sites for hydroxylation is 1. The quantitative estimate of drug-likeness (QED) is 0.793. The first kappa shape index (κ1) is 15.7. The molecule has 3 heteroatoms. The maximum Gasteiger partial charge on any atom is 0.0907 e. The Morgan fingerprint density at radius 2 is 1.95 bits per heavy atom. The smallest absolute Gasteiger partial charge is 0.0907 e. The number of aromatic nitrogens is 2. The molecular weight excluding hydrogens is 258 g/mol. The van der Waals surface area contributed by atoms with Gasteiger partial charge in [0.2, 0.25) is 0 Å². The predicted molar refractivity (Wildman–Crippen MR) is 90.6 cm³/mol. The molecule has 0 spiro atoms. The SMILES string of the molecule is CCC(C)CC(C)CCNc1ccc2nc(C)cnc2c1. The molecule has 0 aliphatic rings. The summed E-state index contributed by atoms with van der Waals surface area (Å²) in [4.78, 5) is 8.91. The van der Waals surface area contributed by atoms with Gasteiger partial charge in [0, 0.05) is 18.4 Å². The molecule has 114 valence electrons. The minimum atomic E-state index is 0.773. The van der Waals surface area contributed by atoms with Crippen LogP contribution in [0.5, 0.6) is 0 Å². The maximum absolute atomic E-state index is 4.48. The highest BCUT2D eigenvalue weighted by Gasteiger charge is 2.07. The standard InChI is InChI=1S/C18H27N3/c1-5-13(2)10-14(3)8-9-19-16-6-7-17-18(11-16)20-12-15(4)21-17/h6-7,11-14,19H,5,8-10H2,1-4H3. The van der Waals surface area contributed by atoms with Gasteiger partial charge in [0.25, 0.3) is 0 Å². The van der Waals surface area contributed by atoms with Gasteiger partial charge in [-0.05, 0) is 49.8 Å². The molecule has 2 aromatic rings. The summed E-state index contributed by atoms with van der Waals surface area (Å²) in [6.07, 6.45) is 5.63. The fourth-order valence-electron chi connectivity index (χ4n) is 2.65. The van der Waals surface area contributed by atoms with Crippen LogP contribution in [-0.4, -0.2) is 16.5 Å². The lowest BCUT2D eigenvalue weighted by Crippen LogP contribution is -2.09. The van der Waals surface area contributed by atoms with Gasteiger partial charge in [-0.3, -0.25) is 4.98 Å². The summed E-state index contributed by atoms with van der Waals surface area (Å²) >= 11 is 0. The Bertz CT molecular complexity index is 580. The summed E-state index contributed by atoms with van der Waals surface area (Å²) in [7, 11) is 0. The van der Waals surface area contributed by atoms with Gasteiger partial charge in [-0.15, -0.1) is 0 Å². The summed E-state index contributed by atoms with van der Waals surface area (Å²) in [5.74, 6) is 1.61. The predicted octanol–water partition coefficient (Wildman–Crippen LogP) is 4.81. The second kappa shape index (κ2) is 7.39. The number of nitrogens with zero attached hydrogens (tertiary/aromatic N) is 2. The van der Waals surface area contributed by atoms with E-state index < -0.39 is 0 Å². The van der Waals surface area contributed by atoms with Crippen molar-refractivity contribution >= 4 is 16.7 Å². The number of hydrogen-bond donors (Lipinski definition) is 1. The molecule has 2 unspecified atom stereocenters. The number of rotatable bonds is 7. The maximum atomic E-state index is 4.48. The third-order valence-electron chi connectivity index (χ3n) is 4.13. The van der Waals surface area contributed by atoms with Crippen LogP contribution in [0.4, 0.5) is 5.69 Å². The minimum absolute atomic E-state index is 0.773. The van der Waals surface area contributed by atoms with Gasteiger partial charge in [0.05, 0.1) is 16.7 Å². The summed E-state index contributed by atoms with van der Waals surface area (Å²) in [6, 6.07) is 6.22. The summed E-state index contributed by atoms with van der Waals surface area (Å²) in [6.45, 7) is 9.95. The number of anilines is 1. The Morgan fingerprint density at radius 3 is 2.71 bits per heavy atom. The number of hydrogen-bond acceptors (Lipinski definition) is 3. The molecule has 0 bridgehead atoms. The van der Waals surface area contributed by atoms with Crippen LogP contribution in [0.15, 0.2) is 24.4 Å². The van der Waals surface area contributed by atoms with Crippen LogP contribution < -0.4 is 5.32 Å². The van der Waals surface area contributed by atoms with Crippen molar-refractivity contribution in [2.45, 2.75) is 47.0 Å². The molecule has 0 aliphatic heterocycles. The number of benzene rings is 1. The molecule has 0 radical (unpaired) electrons. The first-order valence-corrected chi connectivity index (χ1v) is 8.05. The first-order valence-electron chi connectivity index (χ1n) is 8.05. The second-order valence-corrected chi connectivity index (χ2v) is 6.28. The molecule has 0 amide bonds. The van der Waals surface area contributed by atoms with Crippen molar-refractivity contribution in [1.29, 1.82) is 0 Å². The third-order valence-corrected chi connectivity index (χ3v) is 4.13. The van der Waals surface area contributed by atoms with E-state index in [-0.39, 0.29) is 0 Å². The van der Waals surface area contributed by atoms with Gasteiger partial charge in [-0.1, -0.05) is 27.2 Å². The van der Waals surface area contributed by atoms with Crippen molar-refractivity contribution in [3.8, 4) is 0 Å². The fraction of sp³-hybridized carbons (Fsp3) is 0.556. The Morgan fingerprint density at radius 1 is 1.14 bits per heavy atom. The molecule has 0 saturated heterocycles. The Labute approximate surface area is 128 Å². The molecule has 1 heterocycles. The molecule has 21 heavy (non-hydrogen) atoms. The van der Waals surface area contributed by atoms with Crippen LogP contribution >= 0.6 is 0 Å². The Hall–Kier alpha value is -1.64. The highest BCUT2D eigenvalue weighted by Crippen LogP contribution is 2.19. The van der Waals surface area contributed by atoms with E-state index >= 15 is 0 Å². The first-order chi connectivity index (χ1) is 10.1. The van der Waals surface area contributed by atoms with E-state index in [4.69, 9.17) is 0 Å². The van der Waals surface area contributed by atoms with Crippen LogP contribution in [-0.2, 0) is 0 Å². The van der Waals surface area contributed by atoms with E-state index in [0.29, 0.717) is 0 Å². The molecule has 1 N–H and O–H groups in total.